The van der Waals surface area contributed by atoms with Gasteiger partial charge in [0.25, 0.3) is 0 Å². The van der Waals surface area contributed by atoms with Gasteiger partial charge in [0.05, 0.1) is 5.02 Å². The van der Waals surface area contributed by atoms with Crippen molar-refractivity contribution < 1.29 is 0 Å². The van der Waals surface area contributed by atoms with E-state index in [4.69, 9.17) is 23.2 Å². The van der Waals surface area contributed by atoms with Crippen LogP contribution in [-0.2, 0) is 5.41 Å². The number of aromatic nitrogens is 1. The van der Waals surface area contributed by atoms with Gasteiger partial charge in [-0.3, -0.25) is 0 Å². The van der Waals surface area contributed by atoms with Crippen LogP contribution in [0.5, 0.6) is 0 Å². The molecule has 0 atom stereocenters. The summed E-state index contributed by atoms with van der Waals surface area (Å²) in [7, 11) is 0. The summed E-state index contributed by atoms with van der Waals surface area (Å²) < 4.78 is 0. The minimum Gasteiger partial charge on any atom is -0.243 e. The van der Waals surface area contributed by atoms with Crippen molar-refractivity contribution >= 4 is 23.2 Å². The molecular formula is C12H17Cl2N. The molecule has 0 spiro atoms. The lowest BCUT2D eigenvalue weighted by atomic mass is 9.80. The lowest BCUT2D eigenvalue weighted by Gasteiger charge is -2.26. The van der Waals surface area contributed by atoms with Crippen LogP contribution in [0.25, 0.3) is 0 Å². The molecule has 15 heavy (non-hydrogen) atoms. The van der Waals surface area contributed by atoms with E-state index < -0.39 is 0 Å². The van der Waals surface area contributed by atoms with Crippen LogP contribution in [0.2, 0.25) is 10.2 Å². The van der Waals surface area contributed by atoms with Gasteiger partial charge in [-0.2, -0.15) is 0 Å². The molecule has 1 nitrogen and oxygen atoms in total. The molecule has 0 bridgehead atoms. The highest BCUT2D eigenvalue weighted by Gasteiger charge is 2.23. The molecule has 0 saturated heterocycles. The van der Waals surface area contributed by atoms with Crippen LogP contribution < -0.4 is 0 Å². The van der Waals surface area contributed by atoms with Crippen molar-refractivity contribution in [1.29, 1.82) is 0 Å². The maximum Gasteiger partial charge on any atom is 0.147 e. The number of hydrogen-bond donors (Lipinski definition) is 0. The van der Waals surface area contributed by atoms with Gasteiger partial charge in [-0.05, 0) is 23.5 Å². The van der Waals surface area contributed by atoms with Gasteiger partial charge in [0.15, 0.2) is 0 Å². The first-order chi connectivity index (χ1) is 6.99. The molecule has 0 amide bonds. The highest BCUT2D eigenvalue weighted by molar-refractivity contribution is 6.41. The molecule has 0 unspecified atom stereocenters. The van der Waals surface area contributed by atoms with Crippen molar-refractivity contribution in [3.05, 3.63) is 28.0 Å². The van der Waals surface area contributed by atoms with E-state index in [0.29, 0.717) is 10.2 Å². The van der Waals surface area contributed by atoms with Crippen LogP contribution in [-0.4, -0.2) is 4.98 Å². The van der Waals surface area contributed by atoms with Gasteiger partial charge in [0.1, 0.15) is 5.15 Å². The first-order valence-electron chi connectivity index (χ1n) is 5.29. The Bertz CT molecular complexity index is 334. The highest BCUT2D eigenvalue weighted by Crippen LogP contribution is 2.36. The molecule has 0 saturated carbocycles. The average Bonchev–Trinajstić information content (AvgIpc) is 2.19. The Kier molecular flexibility index (Phi) is 4.42. The summed E-state index contributed by atoms with van der Waals surface area (Å²) in [4.78, 5) is 3.97. The van der Waals surface area contributed by atoms with E-state index in [1.54, 1.807) is 6.20 Å². The van der Waals surface area contributed by atoms with E-state index >= 15 is 0 Å². The Morgan fingerprint density at radius 3 is 2.60 bits per heavy atom. The van der Waals surface area contributed by atoms with Crippen molar-refractivity contribution in [3.63, 3.8) is 0 Å². The van der Waals surface area contributed by atoms with Crippen LogP contribution in [0.3, 0.4) is 0 Å². The summed E-state index contributed by atoms with van der Waals surface area (Å²) in [6.45, 7) is 6.58. The molecule has 0 N–H and O–H groups in total. The Morgan fingerprint density at radius 2 is 2.00 bits per heavy atom. The molecule has 0 aromatic carbocycles. The van der Waals surface area contributed by atoms with E-state index in [1.165, 1.54) is 12.8 Å². The van der Waals surface area contributed by atoms with Crippen LogP contribution in [0, 0.1) is 0 Å². The molecule has 0 fully saturated rings. The van der Waals surface area contributed by atoms with Crippen LogP contribution in [0.1, 0.15) is 45.6 Å². The second kappa shape index (κ2) is 5.18. The third-order valence-corrected chi connectivity index (χ3v) is 3.50. The minimum atomic E-state index is 0.0691. The molecule has 0 radical (unpaired) electrons. The summed E-state index contributed by atoms with van der Waals surface area (Å²) >= 11 is 12.1. The quantitative estimate of drug-likeness (QED) is 0.691. The van der Waals surface area contributed by atoms with E-state index in [1.807, 2.05) is 6.07 Å². The summed E-state index contributed by atoms with van der Waals surface area (Å²) in [6.07, 6.45) is 5.23. The first kappa shape index (κ1) is 12.8. The minimum absolute atomic E-state index is 0.0691. The number of unbranched alkanes of at least 4 members (excludes halogenated alkanes) is 1. The Labute approximate surface area is 102 Å². The average molecular weight is 246 g/mol. The Hall–Kier alpha value is -0.270. The lowest BCUT2D eigenvalue weighted by Crippen LogP contribution is -2.17. The van der Waals surface area contributed by atoms with Crippen LogP contribution >= 0.6 is 23.2 Å². The number of nitrogens with zero attached hydrogens (tertiary/aromatic N) is 1. The fourth-order valence-corrected chi connectivity index (χ4v) is 2.22. The molecule has 0 aliphatic carbocycles. The van der Waals surface area contributed by atoms with Gasteiger partial charge in [-0.25, -0.2) is 4.98 Å². The van der Waals surface area contributed by atoms with Crippen molar-refractivity contribution in [2.75, 3.05) is 0 Å². The molecule has 1 aromatic heterocycles. The fraction of sp³-hybridized carbons (Fsp3) is 0.583. The molecule has 1 aromatic rings. The van der Waals surface area contributed by atoms with Crippen molar-refractivity contribution in [1.82, 2.24) is 4.98 Å². The molecule has 0 aliphatic heterocycles. The molecule has 84 valence electrons. The predicted molar refractivity (Wildman–Crippen MR) is 66.8 cm³/mol. The second-order valence-electron chi connectivity index (χ2n) is 4.45. The van der Waals surface area contributed by atoms with Gasteiger partial charge >= 0.3 is 0 Å². The number of hydrogen-bond acceptors (Lipinski definition) is 1. The second-order valence-corrected chi connectivity index (χ2v) is 5.19. The van der Waals surface area contributed by atoms with Crippen LogP contribution in [0.15, 0.2) is 12.3 Å². The maximum atomic E-state index is 6.16. The van der Waals surface area contributed by atoms with Gasteiger partial charge in [-0.15, -0.1) is 0 Å². The highest BCUT2D eigenvalue weighted by atomic mass is 35.5. The van der Waals surface area contributed by atoms with Gasteiger partial charge < -0.3 is 0 Å². The summed E-state index contributed by atoms with van der Waals surface area (Å²) in [6, 6.07) is 1.96. The summed E-state index contributed by atoms with van der Waals surface area (Å²) in [5.41, 5.74) is 1.16. The Morgan fingerprint density at radius 1 is 1.33 bits per heavy atom. The van der Waals surface area contributed by atoms with Gasteiger partial charge in [-0.1, -0.05) is 56.8 Å². The Balaban J connectivity index is 2.98. The predicted octanol–water partition coefficient (Wildman–Crippen LogP) is 4.86. The zero-order valence-electron chi connectivity index (χ0n) is 9.48. The van der Waals surface area contributed by atoms with Crippen molar-refractivity contribution in [3.8, 4) is 0 Å². The largest absolute Gasteiger partial charge is 0.243 e. The fourth-order valence-electron chi connectivity index (χ4n) is 1.69. The summed E-state index contributed by atoms with van der Waals surface area (Å²) in [5.74, 6) is 0. The standard InChI is InChI=1S/C12H17Cl2N/c1-4-5-7-12(2,3)9-6-8-15-11(14)10(9)13/h6,8H,4-5,7H2,1-3H3. The number of halogens is 2. The van der Waals surface area contributed by atoms with Gasteiger partial charge in [0.2, 0.25) is 0 Å². The molecule has 0 aliphatic rings. The monoisotopic (exact) mass is 245 g/mol. The smallest absolute Gasteiger partial charge is 0.147 e. The summed E-state index contributed by atoms with van der Waals surface area (Å²) in [5, 5.41) is 0.999. The normalized spacial score (nSPS) is 11.8. The molecule has 3 heteroatoms. The maximum absolute atomic E-state index is 6.16. The topological polar surface area (TPSA) is 12.9 Å². The van der Waals surface area contributed by atoms with Crippen molar-refractivity contribution in [2.45, 2.75) is 45.4 Å². The zero-order valence-corrected chi connectivity index (χ0v) is 11.0. The molecular weight excluding hydrogens is 229 g/mol. The SMILES string of the molecule is CCCCC(C)(C)c1ccnc(Cl)c1Cl. The van der Waals surface area contributed by atoms with E-state index in [2.05, 4.69) is 25.8 Å². The van der Waals surface area contributed by atoms with E-state index in [9.17, 15) is 0 Å². The van der Waals surface area contributed by atoms with Gasteiger partial charge in [0, 0.05) is 6.20 Å². The molecule has 1 rings (SSSR count). The lowest BCUT2D eigenvalue weighted by molar-refractivity contribution is 0.457. The number of rotatable bonds is 4. The number of pyridine rings is 1. The van der Waals surface area contributed by atoms with Crippen LogP contribution in [0.4, 0.5) is 0 Å². The first-order valence-corrected chi connectivity index (χ1v) is 6.05. The van der Waals surface area contributed by atoms with E-state index in [0.717, 1.165) is 12.0 Å². The molecule has 1 heterocycles. The van der Waals surface area contributed by atoms with E-state index in [-0.39, 0.29) is 5.41 Å². The third-order valence-electron chi connectivity index (χ3n) is 2.73. The van der Waals surface area contributed by atoms with Crippen molar-refractivity contribution in [2.24, 2.45) is 0 Å². The zero-order chi connectivity index (χ0) is 11.5. The third kappa shape index (κ3) is 3.09.